The standard InChI is InChI=1S/C21H12F6N2O4/c22-20(23,24)13-2-1-3-15(10-13)28-19(30)12-4-7-16(8-5-12)33-18-9-6-14(21(25,26)27)11-17(18)29(31)32/h1-11H,(H,28,30). The molecule has 0 spiro atoms. The highest BCUT2D eigenvalue weighted by molar-refractivity contribution is 6.04. The van der Waals surface area contributed by atoms with Gasteiger partial charge in [-0.25, -0.2) is 0 Å². The minimum atomic E-state index is -4.78. The molecule has 0 heterocycles. The number of nitro benzene ring substituents is 1. The van der Waals surface area contributed by atoms with Crippen LogP contribution in [-0.4, -0.2) is 10.8 Å². The Labute approximate surface area is 181 Å². The number of benzene rings is 3. The van der Waals surface area contributed by atoms with Gasteiger partial charge in [0.1, 0.15) is 5.75 Å². The number of hydrogen-bond acceptors (Lipinski definition) is 4. The molecule has 0 aliphatic rings. The predicted molar refractivity (Wildman–Crippen MR) is 104 cm³/mol. The van der Waals surface area contributed by atoms with Crippen LogP contribution in [0.3, 0.4) is 0 Å². The molecule has 6 nitrogen and oxygen atoms in total. The average Bonchev–Trinajstić information content (AvgIpc) is 2.73. The number of halogens is 6. The first kappa shape index (κ1) is 23.6. The van der Waals surface area contributed by atoms with E-state index >= 15 is 0 Å². The summed E-state index contributed by atoms with van der Waals surface area (Å²) < 4.78 is 82.0. The van der Waals surface area contributed by atoms with Gasteiger partial charge in [0.25, 0.3) is 5.91 Å². The SMILES string of the molecule is O=C(Nc1cccc(C(F)(F)F)c1)c1ccc(Oc2ccc(C(F)(F)F)cc2[N+](=O)[O-])cc1. The van der Waals surface area contributed by atoms with Gasteiger partial charge in [-0.05, 0) is 54.6 Å². The molecule has 0 aliphatic carbocycles. The molecule has 33 heavy (non-hydrogen) atoms. The van der Waals surface area contributed by atoms with Crippen molar-refractivity contribution < 1.29 is 40.8 Å². The van der Waals surface area contributed by atoms with Crippen LogP contribution in [0.1, 0.15) is 21.5 Å². The van der Waals surface area contributed by atoms with Crippen molar-refractivity contribution in [1.82, 2.24) is 0 Å². The zero-order chi connectivity index (χ0) is 24.4. The van der Waals surface area contributed by atoms with E-state index in [1.165, 1.54) is 30.3 Å². The van der Waals surface area contributed by atoms with Crippen LogP contribution in [0.15, 0.2) is 66.7 Å². The van der Waals surface area contributed by atoms with Crippen LogP contribution in [0.5, 0.6) is 11.5 Å². The highest BCUT2D eigenvalue weighted by Crippen LogP contribution is 2.38. The third-order valence-corrected chi connectivity index (χ3v) is 4.28. The lowest BCUT2D eigenvalue weighted by molar-refractivity contribution is -0.385. The van der Waals surface area contributed by atoms with Gasteiger partial charge in [-0.2, -0.15) is 26.3 Å². The van der Waals surface area contributed by atoms with E-state index in [2.05, 4.69) is 5.32 Å². The Bertz CT molecular complexity index is 1190. The van der Waals surface area contributed by atoms with Gasteiger partial charge in [0.2, 0.25) is 5.75 Å². The lowest BCUT2D eigenvalue weighted by atomic mass is 10.1. The maximum Gasteiger partial charge on any atom is 0.416 e. The van der Waals surface area contributed by atoms with E-state index in [1.54, 1.807) is 0 Å². The first-order valence-electron chi connectivity index (χ1n) is 8.97. The molecule has 12 heteroatoms. The number of ether oxygens (including phenoxy) is 1. The quantitative estimate of drug-likeness (QED) is 0.256. The highest BCUT2D eigenvalue weighted by Gasteiger charge is 2.33. The summed E-state index contributed by atoms with van der Waals surface area (Å²) in [5.74, 6) is -1.20. The minimum Gasteiger partial charge on any atom is -0.450 e. The lowest BCUT2D eigenvalue weighted by Gasteiger charge is -2.11. The molecule has 0 bridgehead atoms. The van der Waals surface area contributed by atoms with Crippen LogP contribution in [-0.2, 0) is 12.4 Å². The van der Waals surface area contributed by atoms with E-state index in [0.717, 1.165) is 24.3 Å². The van der Waals surface area contributed by atoms with Crippen molar-refractivity contribution in [3.05, 3.63) is 93.5 Å². The first-order valence-corrected chi connectivity index (χ1v) is 8.97. The summed E-state index contributed by atoms with van der Waals surface area (Å²) in [7, 11) is 0. The number of carbonyl (C=O) groups is 1. The van der Waals surface area contributed by atoms with Crippen LogP contribution in [0.4, 0.5) is 37.7 Å². The van der Waals surface area contributed by atoms with Gasteiger partial charge in [-0.1, -0.05) is 6.07 Å². The van der Waals surface area contributed by atoms with Crippen molar-refractivity contribution in [1.29, 1.82) is 0 Å². The monoisotopic (exact) mass is 470 g/mol. The molecule has 3 aromatic carbocycles. The van der Waals surface area contributed by atoms with Crippen molar-refractivity contribution in [2.45, 2.75) is 12.4 Å². The number of alkyl halides is 6. The molecular formula is C21H12F6N2O4. The zero-order valence-electron chi connectivity index (χ0n) is 16.2. The summed E-state index contributed by atoms with van der Waals surface area (Å²) in [6, 6.07) is 10.7. The summed E-state index contributed by atoms with van der Waals surface area (Å²) in [5.41, 5.74) is -3.13. The summed E-state index contributed by atoms with van der Waals surface area (Å²) in [5, 5.41) is 13.4. The molecule has 3 aromatic rings. The van der Waals surface area contributed by atoms with Gasteiger partial charge in [0.15, 0.2) is 0 Å². The molecule has 0 fully saturated rings. The molecule has 0 aliphatic heterocycles. The summed E-state index contributed by atoms with van der Waals surface area (Å²) in [6.07, 6.45) is -9.36. The fourth-order valence-corrected chi connectivity index (χ4v) is 2.70. The first-order chi connectivity index (χ1) is 15.3. The number of nitro groups is 1. The van der Waals surface area contributed by atoms with E-state index in [4.69, 9.17) is 4.74 Å². The fourth-order valence-electron chi connectivity index (χ4n) is 2.70. The molecule has 3 rings (SSSR count). The topological polar surface area (TPSA) is 81.5 Å². The molecular weight excluding hydrogens is 458 g/mol. The van der Waals surface area contributed by atoms with E-state index in [1.807, 2.05) is 0 Å². The number of hydrogen-bond donors (Lipinski definition) is 1. The number of nitrogens with zero attached hydrogens (tertiary/aromatic N) is 1. The molecule has 1 amide bonds. The molecule has 0 radical (unpaired) electrons. The van der Waals surface area contributed by atoms with Crippen LogP contribution >= 0.6 is 0 Å². The molecule has 0 saturated carbocycles. The molecule has 0 unspecified atom stereocenters. The Morgan fingerprint density at radius 2 is 1.45 bits per heavy atom. The number of rotatable bonds is 5. The van der Waals surface area contributed by atoms with Crippen LogP contribution < -0.4 is 10.1 Å². The van der Waals surface area contributed by atoms with Gasteiger partial charge in [0, 0.05) is 17.3 Å². The van der Waals surface area contributed by atoms with Crippen LogP contribution in [0.25, 0.3) is 0 Å². The van der Waals surface area contributed by atoms with Gasteiger partial charge in [-0.15, -0.1) is 0 Å². The molecule has 1 N–H and O–H groups in total. The second-order valence-electron chi connectivity index (χ2n) is 6.60. The van der Waals surface area contributed by atoms with Gasteiger partial charge >= 0.3 is 18.0 Å². The predicted octanol–water partition coefficient (Wildman–Crippen LogP) is 6.68. The average molecular weight is 470 g/mol. The normalized spacial score (nSPS) is 11.7. The Morgan fingerprint density at radius 3 is 2.03 bits per heavy atom. The summed E-state index contributed by atoms with van der Waals surface area (Å²) in [6.45, 7) is 0. The van der Waals surface area contributed by atoms with E-state index in [-0.39, 0.29) is 17.0 Å². The maximum absolute atomic E-state index is 12.8. The van der Waals surface area contributed by atoms with Crippen molar-refractivity contribution >= 4 is 17.3 Å². The number of nitrogens with one attached hydrogen (secondary N) is 1. The van der Waals surface area contributed by atoms with Crippen LogP contribution in [0.2, 0.25) is 0 Å². The number of carbonyl (C=O) groups excluding carboxylic acids is 1. The number of anilines is 1. The van der Waals surface area contributed by atoms with Gasteiger partial charge < -0.3 is 10.1 Å². The molecule has 172 valence electrons. The Hall–Kier alpha value is -4.09. The van der Waals surface area contributed by atoms with Gasteiger partial charge in [-0.3, -0.25) is 14.9 Å². The summed E-state index contributed by atoms with van der Waals surface area (Å²) >= 11 is 0. The molecule has 0 atom stereocenters. The van der Waals surface area contributed by atoms with E-state index in [9.17, 15) is 41.3 Å². The second-order valence-corrected chi connectivity index (χ2v) is 6.60. The summed E-state index contributed by atoms with van der Waals surface area (Å²) in [4.78, 5) is 22.4. The maximum atomic E-state index is 12.8. The van der Waals surface area contributed by atoms with Crippen molar-refractivity contribution in [2.24, 2.45) is 0 Å². The Kier molecular flexibility index (Phi) is 6.29. The van der Waals surface area contributed by atoms with Crippen molar-refractivity contribution in [2.75, 3.05) is 5.32 Å². The van der Waals surface area contributed by atoms with Crippen molar-refractivity contribution in [3.63, 3.8) is 0 Å². The molecule has 0 aromatic heterocycles. The van der Waals surface area contributed by atoms with E-state index in [0.29, 0.717) is 12.1 Å². The Morgan fingerprint density at radius 1 is 0.848 bits per heavy atom. The minimum absolute atomic E-state index is 0.0199. The number of amides is 1. The van der Waals surface area contributed by atoms with E-state index < -0.39 is 45.7 Å². The third-order valence-electron chi connectivity index (χ3n) is 4.28. The second kappa shape index (κ2) is 8.81. The van der Waals surface area contributed by atoms with Crippen LogP contribution in [0, 0.1) is 10.1 Å². The lowest BCUT2D eigenvalue weighted by Crippen LogP contribution is -2.13. The van der Waals surface area contributed by atoms with Gasteiger partial charge in [0.05, 0.1) is 16.1 Å². The smallest absolute Gasteiger partial charge is 0.416 e. The largest absolute Gasteiger partial charge is 0.450 e. The zero-order valence-corrected chi connectivity index (χ0v) is 16.2. The molecule has 0 saturated heterocycles. The third kappa shape index (κ3) is 5.79. The highest BCUT2D eigenvalue weighted by atomic mass is 19.4. The van der Waals surface area contributed by atoms with Crippen molar-refractivity contribution in [3.8, 4) is 11.5 Å². The fraction of sp³-hybridized carbons (Fsp3) is 0.0952. The Balaban J connectivity index is 1.76.